The van der Waals surface area contributed by atoms with E-state index in [9.17, 15) is 4.21 Å². The van der Waals surface area contributed by atoms with Gasteiger partial charge in [-0.3, -0.25) is 8.89 Å². The Labute approximate surface area is 172 Å². The van der Waals surface area contributed by atoms with Gasteiger partial charge < -0.3 is 11.1 Å². The molecule has 0 bridgehead atoms. The summed E-state index contributed by atoms with van der Waals surface area (Å²) in [6, 6.07) is 1.97. The molecule has 0 aromatic carbocycles. The maximum Gasteiger partial charge on any atom is 0.268 e. The Morgan fingerprint density at radius 1 is 1.38 bits per heavy atom. The fraction of sp³-hybridized carbons (Fsp3) is 0.474. The number of rotatable bonds is 9. The summed E-state index contributed by atoms with van der Waals surface area (Å²) in [6.45, 7) is 12.8. The molecule has 0 aliphatic rings. The fourth-order valence-electron chi connectivity index (χ4n) is 3.26. The van der Waals surface area contributed by atoms with Crippen molar-refractivity contribution in [3.05, 3.63) is 40.6 Å². The van der Waals surface area contributed by atoms with E-state index in [0.717, 1.165) is 36.3 Å². The molecule has 3 aromatic rings. The summed E-state index contributed by atoms with van der Waals surface area (Å²) in [6.07, 6.45) is 5.97. The molecule has 3 heterocycles. The van der Waals surface area contributed by atoms with Gasteiger partial charge in [0, 0.05) is 54.1 Å². The second-order valence-electron chi connectivity index (χ2n) is 6.84. The van der Waals surface area contributed by atoms with E-state index >= 15 is 0 Å². The smallest absolute Gasteiger partial charge is 0.268 e. The van der Waals surface area contributed by atoms with Gasteiger partial charge in [-0.2, -0.15) is 10.2 Å². The Bertz CT molecular complexity index is 1080. The Morgan fingerprint density at radius 2 is 2.17 bits per heavy atom. The van der Waals surface area contributed by atoms with Crippen LogP contribution in [0.5, 0.6) is 0 Å². The van der Waals surface area contributed by atoms with E-state index in [-0.39, 0.29) is 5.69 Å². The van der Waals surface area contributed by atoms with Crippen LogP contribution >= 0.6 is 0 Å². The summed E-state index contributed by atoms with van der Waals surface area (Å²) in [5.41, 5.74) is 10.0. The molecule has 0 saturated heterocycles. The molecule has 29 heavy (non-hydrogen) atoms. The van der Waals surface area contributed by atoms with Crippen molar-refractivity contribution < 1.29 is 4.21 Å². The number of nitrogens with two attached hydrogens (primary N) is 1. The third-order valence-corrected chi connectivity index (χ3v) is 5.59. The highest BCUT2D eigenvalue weighted by Crippen LogP contribution is 2.32. The quantitative estimate of drug-likeness (QED) is 0.521. The first-order valence-corrected chi connectivity index (χ1v) is 11.3. The summed E-state index contributed by atoms with van der Waals surface area (Å²) in [5.74, 6) is 1.46. The van der Waals surface area contributed by atoms with E-state index in [0.29, 0.717) is 36.0 Å². The number of hydrogen-bond acceptors (Lipinski definition) is 6. The lowest BCUT2D eigenvalue weighted by molar-refractivity contribution is 0.593. The SMILES string of the molecule is [C-]#[N+]c1c(NCCc2ccn(CCCS(C)=O)n2)nc2c(CC)c(C)nn2c1N. The zero-order chi connectivity index (χ0) is 21.0. The van der Waals surface area contributed by atoms with Crippen LogP contribution in [0.1, 0.15) is 30.3 Å². The van der Waals surface area contributed by atoms with Gasteiger partial charge in [-0.15, -0.1) is 0 Å². The largest absolute Gasteiger partial charge is 0.392 e. The normalized spacial score (nSPS) is 12.2. The van der Waals surface area contributed by atoms with Crippen LogP contribution in [0.15, 0.2) is 12.3 Å². The monoisotopic (exact) mass is 414 g/mol. The number of hydrogen-bond donors (Lipinski definition) is 2. The number of aromatic nitrogens is 5. The number of aryl methyl sites for hydroxylation is 3. The molecule has 3 aromatic heterocycles. The molecule has 0 radical (unpaired) electrons. The molecule has 1 unspecified atom stereocenters. The minimum absolute atomic E-state index is 0.278. The highest BCUT2D eigenvalue weighted by atomic mass is 32.2. The summed E-state index contributed by atoms with van der Waals surface area (Å²) in [7, 11) is -0.774. The molecule has 1 atom stereocenters. The number of nitrogens with one attached hydrogen (secondary N) is 1. The van der Waals surface area contributed by atoms with Crippen LogP contribution in [0.2, 0.25) is 0 Å². The predicted octanol–water partition coefficient (Wildman–Crippen LogP) is 2.35. The summed E-state index contributed by atoms with van der Waals surface area (Å²) in [5, 5.41) is 12.2. The highest BCUT2D eigenvalue weighted by Gasteiger charge is 2.18. The Morgan fingerprint density at radius 3 is 2.86 bits per heavy atom. The molecule has 9 nitrogen and oxygen atoms in total. The first-order chi connectivity index (χ1) is 13.9. The van der Waals surface area contributed by atoms with Gasteiger partial charge in [0.2, 0.25) is 0 Å². The van der Waals surface area contributed by atoms with Crippen LogP contribution in [-0.2, 0) is 30.2 Å². The predicted molar refractivity (Wildman–Crippen MR) is 116 cm³/mol. The maximum atomic E-state index is 11.1. The van der Waals surface area contributed by atoms with Crippen molar-refractivity contribution in [1.29, 1.82) is 0 Å². The highest BCUT2D eigenvalue weighted by molar-refractivity contribution is 7.84. The second-order valence-corrected chi connectivity index (χ2v) is 8.39. The average Bonchev–Trinajstić information content (AvgIpc) is 3.25. The van der Waals surface area contributed by atoms with Crippen LogP contribution in [-0.4, -0.2) is 47.1 Å². The van der Waals surface area contributed by atoms with E-state index in [1.165, 1.54) is 0 Å². The summed E-state index contributed by atoms with van der Waals surface area (Å²) < 4.78 is 14.6. The minimum Gasteiger partial charge on any atom is -0.392 e. The van der Waals surface area contributed by atoms with Crippen molar-refractivity contribution in [3.63, 3.8) is 0 Å². The van der Waals surface area contributed by atoms with Crippen LogP contribution in [0.25, 0.3) is 10.5 Å². The Kier molecular flexibility index (Phi) is 6.49. The average molecular weight is 415 g/mol. The van der Waals surface area contributed by atoms with Crippen molar-refractivity contribution in [2.24, 2.45) is 0 Å². The lowest BCUT2D eigenvalue weighted by Crippen LogP contribution is -2.10. The van der Waals surface area contributed by atoms with Gasteiger partial charge in [0.15, 0.2) is 5.65 Å². The molecule has 10 heteroatoms. The van der Waals surface area contributed by atoms with E-state index in [2.05, 4.69) is 25.3 Å². The van der Waals surface area contributed by atoms with Crippen molar-refractivity contribution in [2.45, 2.75) is 39.7 Å². The number of nitrogens with zero attached hydrogens (tertiary/aromatic N) is 6. The molecule has 0 fully saturated rings. The molecule has 0 aliphatic carbocycles. The molecule has 0 saturated carbocycles. The Hall–Kier alpha value is -2.93. The van der Waals surface area contributed by atoms with Gasteiger partial charge in [0.05, 0.1) is 18.0 Å². The summed E-state index contributed by atoms with van der Waals surface area (Å²) in [4.78, 5) is 8.19. The van der Waals surface area contributed by atoms with Crippen LogP contribution in [0.4, 0.5) is 17.3 Å². The van der Waals surface area contributed by atoms with Gasteiger partial charge in [0.25, 0.3) is 5.69 Å². The zero-order valence-corrected chi connectivity index (χ0v) is 17.8. The molecular formula is C19H26N8OS. The van der Waals surface area contributed by atoms with Gasteiger partial charge >= 0.3 is 0 Å². The first kappa shape index (κ1) is 20.8. The van der Waals surface area contributed by atoms with E-state index < -0.39 is 10.8 Å². The fourth-order valence-corrected chi connectivity index (χ4v) is 3.79. The van der Waals surface area contributed by atoms with Crippen LogP contribution < -0.4 is 11.1 Å². The van der Waals surface area contributed by atoms with Gasteiger partial charge in [-0.25, -0.2) is 14.3 Å². The van der Waals surface area contributed by atoms with Crippen molar-refractivity contribution >= 4 is 33.8 Å². The Balaban J connectivity index is 1.70. The number of fused-ring (bicyclic) bond motifs is 1. The van der Waals surface area contributed by atoms with Gasteiger partial charge in [-0.05, 0) is 25.8 Å². The summed E-state index contributed by atoms with van der Waals surface area (Å²) >= 11 is 0. The van der Waals surface area contributed by atoms with Crippen molar-refractivity contribution in [3.8, 4) is 0 Å². The third kappa shape index (κ3) is 4.56. The zero-order valence-electron chi connectivity index (χ0n) is 17.0. The van der Waals surface area contributed by atoms with E-state index in [4.69, 9.17) is 12.3 Å². The molecule has 3 rings (SSSR count). The van der Waals surface area contributed by atoms with Crippen LogP contribution in [0, 0.1) is 13.5 Å². The minimum atomic E-state index is -0.774. The first-order valence-electron chi connectivity index (χ1n) is 9.56. The topological polar surface area (TPSA) is 107 Å². The standard InChI is InChI=1S/C19H26N8OS/c1-5-15-13(2)24-27-17(20)16(21-3)18(23-19(15)27)22-9-7-14-8-11-26(25-14)10-6-12-29(4)28/h8,11H,5-7,9-10,12,20H2,1-2,4H3,(H,22,23). The number of anilines is 2. The van der Waals surface area contributed by atoms with Gasteiger partial charge in [0.1, 0.15) is 11.6 Å². The van der Waals surface area contributed by atoms with Gasteiger partial charge in [-0.1, -0.05) is 6.92 Å². The van der Waals surface area contributed by atoms with E-state index in [1.54, 1.807) is 10.8 Å². The lowest BCUT2D eigenvalue weighted by Gasteiger charge is -2.10. The maximum absolute atomic E-state index is 11.1. The molecule has 0 aliphatic heterocycles. The molecule has 3 N–H and O–H groups in total. The molecule has 0 amide bonds. The molecular weight excluding hydrogens is 388 g/mol. The van der Waals surface area contributed by atoms with Crippen molar-refractivity contribution in [1.82, 2.24) is 24.4 Å². The van der Waals surface area contributed by atoms with E-state index in [1.807, 2.05) is 30.8 Å². The molecule has 0 spiro atoms. The lowest BCUT2D eigenvalue weighted by atomic mass is 10.2. The third-order valence-electron chi connectivity index (χ3n) is 4.72. The van der Waals surface area contributed by atoms with Crippen molar-refractivity contribution in [2.75, 3.05) is 29.6 Å². The van der Waals surface area contributed by atoms with Crippen LogP contribution in [0.3, 0.4) is 0 Å². The second kappa shape index (κ2) is 9.05. The number of nitrogen functional groups attached to an aromatic ring is 1. The molecule has 154 valence electrons.